The van der Waals surface area contributed by atoms with E-state index in [2.05, 4.69) is 11.4 Å². The summed E-state index contributed by atoms with van der Waals surface area (Å²) in [5.41, 5.74) is 1.48. The quantitative estimate of drug-likeness (QED) is 0.810. The Morgan fingerprint density at radius 3 is 2.65 bits per heavy atom. The van der Waals surface area contributed by atoms with E-state index in [0.29, 0.717) is 12.5 Å². The van der Waals surface area contributed by atoms with Crippen LogP contribution in [-0.4, -0.2) is 32.3 Å². The molecule has 1 unspecified atom stereocenters. The number of rotatable bonds is 6. The highest BCUT2D eigenvalue weighted by Crippen LogP contribution is 2.40. The van der Waals surface area contributed by atoms with Crippen molar-refractivity contribution in [3.05, 3.63) is 29.3 Å². The van der Waals surface area contributed by atoms with Crippen LogP contribution in [-0.2, 0) is 9.53 Å². The van der Waals surface area contributed by atoms with Crippen molar-refractivity contribution in [3.63, 3.8) is 0 Å². The first-order valence-corrected chi connectivity index (χ1v) is 7.01. The molecule has 1 atom stereocenters. The molecule has 2 rings (SSSR count). The lowest BCUT2D eigenvalue weighted by Gasteiger charge is -2.30. The van der Waals surface area contributed by atoms with Gasteiger partial charge in [0.05, 0.1) is 7.11 Å². The van der Waals surface area contributed by atoms with Gasteiger partial charge in [-0.3, -0.25) is 0 Å². The number of ether oxygens (including phenoxy) is 2. The number of hydrogen-bond acceptors (Lipinski definition) is 4. The molecule has 1 saturated carbocycles. The second-order valence-corrected chi connectivity index (χ2v) is 5.54. The first-order valence-electron chi connectivity index (χ1n) is 7.01. The fourth-order valence-electron chi connectivity index (χ4n) is 2.53. The Morgan fingerprint density at radius 1 is 1.40 bits per heavy atom. The van der Waals surface area contributed by atoms with Crippen molar-refractivity contribution in [2.45, 2.75) is 32.2 Å². The molecule has 0 saturated heterocycles. The number of methoxy groups -OCH3 is 1. The number of benzene rings is 1. The molecule has 0 radical (unpaired) electrons. The van der Waals surface area contributed by atoms with Crippen LogP contribution in [0, 0.1) is 19.8 Å². The predicted octanol–water partition coefficient (Wildman–Crippen LogP) is 2.22. The van der Waals surface area contributed by atoms with Crippen molar-refractivity contribution in [2.24, 2.45) is 5.92 Å². The number of aryl methyl sites for hydroxylation is 2. The highest BCUT2D eigenvalue weighted by atomic mass is 16.5. The van der Waals surface area contributed by atoms with E-state index in [1.807, 2.05) is 26.0 Å². The number of hydrogen-bond donors (Lipinski definition) is 1. The average Bonchev–Trinajstić information content (AvgIpc) is 3.28. The number of likely N-dealkylation sites (N-methyl/N-ethyl adjacent to an activating group) is 1. The zero-order valence-electron chi connectivity index (χ0n) is 12.7. The van der Waals surface area contributed by atoms with Crippen molar-refractivity contribution in [2.75, 3.05) is 20.8 Å². The molecule has 0 spiro atoms. The Labute approximate surface area is 120 Å². The molecule has 1 fully saturated rings. The van der Waals surface area contributed by atoms with Gasteiger partial charge in [-0.25, -0.2) is 4.79 Å². The average molecular weight is 277 g/mol. The van der Waals surface area contributed by atoms with Gasteiger partial charge in [0, 0.05) is 0 Å². The smallest absolute Gasteiger partial charge is 0.329 e. The van der Waals surface area contributed by atoms with Crippen molar-refractivity contribution in [3.8, 4) is 5.75 Å². The lowest BCUT2D eigenvalue weighted by molar-refractivity contribution is -0.151. The lowest BCUT2D eigenvalue weighted by atomic mass is 9.94. The Balaban J connectivity index is 2.16. The monoisotopic (exact) mass is 277 g/mol. The van der Waals surface area contributed by atoms with Gasteiger partial charge in [-0.1, -0.05) is 12.1 Å². The fourth-order valence-corrected chi connectivity index (χ4v) is 2.53. The third-order valence-corrected chi connectivity index (χ3v) is 4.07. The summed E-state index contributed by atoms with van der Waals surface area (Å²) in [5, 5.41) is 3.13. The van der Waals surface area contributed by atoms with Gasteiger partial charge in [0.1, 0.15) is 12.4 Å². The van der Waals surface area contributed by atoms with Crippen LogP contribution in [0.15, 0.2) is 18.2 Å². The summed E-state index contributed by atoms with van der Waals surface area (Å²) < 4.78 is 10.9. The summed E-state index contributed by atoms with van der Waals surface area (Å²) in [6.45, 7) is 4.33. The van der Waals surface area contributed by atoms with Crippen molar-refractivity contribution in [1.82, 2.24) is 5.32 Å². The van der Waals surface area contributed by atoms with Gasteiger partial charge >= 0.3 is 5.97 Å². The van der Waals surface area contributed by atoms with E-state index >= 15 is 0 Å². The van der Waals surface area contributed by atoms with Crippen LogP contribution in [0.1, 0.15) is 24.0 Å². The van der Waals surface area contributed by atoms with Gasteiger partial charge in [-0.15, -0.1) is 0 Å². The molecule has 110 valence electrons. The van der Waals surface area contributed by atoms with Gasteiger partial charge in [0.25, 0.3) is 0 Å². The topological polar surface area (TPSA) is 47.6 Å². The maximum absolute atomic E-state index is 12.2. The molecule has 1 aromatic carbocycles. The van der Waals surface area contributed by atoms with Gasteiger partial charge in [-0.05, 0) is 56.8 Å². The Kier molecular flexibility index (Phi) is 4.33. The Hall–Kier alpha value is -1.55. The molecule has 1 aromatic rings. The molecule has 1 aliphatic rings. The molecule has 0 amide bonds. The van der Waals surface area contributed by atoms with E-state index in [1.165, 1.54) is 7.11 Å². The summed E-state index contributed by atoms with van der Waals surface area (Å²) in [5.74, 6) is 0.882. The minimum absolute atomic E-state index is 0.243. The molecule has 0 aliphatic heterocycles. The van der Waals surface area contributed by atoms with Crippen molar-refractivity contribution < 1.29 is 14.3 Å². The number of carbonyl (C=O) groups excluding carboxylic acids is 1. The van der Waals surface area contributed by atoms with Gasteiger partial charge in [0.15, 0.2) is 5.54 Å². The number of carbonyl (C=O) groups is 1. The molecule has 0 bridgehead atoms. The van der Waals surface area contributed by atoms with Gasteiger partial charge in [-0.2, -0.15) is 0 Å². The van der Waals surface area contributed by atoms with E-state index in [-0.39, 0.29) is 5.97 Å². The second-order valence-electron chi connectivity index (χ2n) is 5.54. The summed E-state index contributed by atoms with van der Waals surface area (Å²) in [6.07, 6.45) is 2.07. The molecule has 4 heteroatoms. The van der Waals surface area contributed by atoms with Crippen LogP contribution in [0.2, 0.25) is 0 Å². The van der Waals surface area contributed by atoms with Crippen LogP contribution < -0.4 is 10.1 Å². The van der Waals surface area contributed by atoms with Crippen molar-refractivity contribution >= 4 is 5.97 Å². The number of esters is 1. The van der Waals surface area contributed by atoms with Crippen molar-refractivity contribution in [1.29, 1.82) is 0 Å². The fraction of sp³-hybridized carbons (Fsp3) is 0.562. The summed E-state index contributed by atoms with van der Waals surface area (Å²) >= 11 is 0. The molecule has 20 heavy (non-hydrogen) atoms. The molecular weight excluding hydrogens is 254 g/mol. The predicted molar refractivity (Wildman–Crippen MR) is 77.9 cm³/mol. The maximum Gasteiger partial charge on any atom is 0.329 e. The maximum atomic E-state index is 12.2. The largest absolute Gasteiger partial charge is 0.491 e. The highest BCUT2D eigenvalue weighted by molar-refractivity contribution is 5.82. The minimum Gasteiger partial charge on any atom is -0.491 e. The van der Waals surface area contributed by atoms with Crippen LogP contribution >= 0.6 is 0 Å². The SMILES string of the molecule is CNC(COc1cc(C)ccc1C)(C(=O)OC)C1CC1. The van der Waals surface area contributed by atoms with Gasteiger partial charge < -0.3 is 14.8 Å². The normalized spacial score (nSPS) is 17.4. The van der Waals surface area contributed by atoms with E-state index < -0.39 is 5.54 Å². The van der Waals surface area contributed by atoms with E-state index in [4.69, 9.17) is 9.47 Å². The number of nitrogens with one attached hydrogen (secondary N) is 1. The third-order valence-electron chi connectivity index (χ3n) is 4.07. The molecule has 1 aliphatic carbocycles. The first kappa shape index (κ1) is 14.9. The Bertz CT molecular complexity index is 496. The van der Waals surface area contributed by atoms with Crippen LogP contribution in [0.5, 0.6) is 5.75 Å². The van der Waals surface area contributed by atoms with Gasteiger partial charge in [0.2, 0.25) is 0 Å². The summed E-state index contributed by atoms with van der Waals surface area (Å²) in [4.78, 5) is 12.2. The third kappa shape index (κ3) is 2.80. The highest BCUT2D eigenvalue weighted by Gasteiger charge is 2.51. The van der Waals surface area contributed by atoms with Crippen LogP contribution in [0.4, 0.5) is 0 Å². The second kappa shape index (κ2) is 5.83. The van der Waals surface area contributed by atoms with E-state index in [1.54, 1.807) is 7.05 Å². The lowest BCUT2D eigenvalue weighted by Crippen LogP contribution is -2.57. The van der Waals surface area contributed by atoms with Crippen LogP contribution in [0.3, 0.4) is 0 Å². The van der Waals surface area contributed by atoms with E-state index in [9.17, 15) is 4.79 Å². The van der Waals surface area contributed by atoms with E-state index in [0.717, 1.165) is 29.7 Å². The molecular formula is C16H23NO3. The zero-order valence-corrected chi connectivity index (χ0v) is 12.7. The standard InChI is InChI=1S/C16H23NO3/c1-11-5-6-12(2)14(9-11)20-10-16(17-3,13-7-8-13)15(18)19-4/h5-6,9,13,17H,7-8,10H2,1-4H3. The van der Waals surface area contributed by atoms with Crippen LogP contribution in [0.25, 0.3) is 0 Å². The zero-order chi connectivity index (χ0) is 14.8. The first-order chi connectivity index (χ1) is 9.53. The Morgan fingerprint density at radius 2 is 2.10 bits per heavy atom. The minimum atomic E-state index is -0.731. The molecule has 4 nitrogen and oxygen atoms in total. The molecule has 1 N–H and O–H groups in total. The summed E-state index contributed by atoms with van der Waals surface area (Å²) in [6, 6.07) is 6.08. The summed E-state index contributed by atoms with van der Waals surface area (Å²) in [7, 11) is 3.22. The molecule has 0 aromatic heterocycles. The molecule has 0 heterocycles.